The number of rotatable bonds is 15. The van der Waals surface area contributed by atoms with Crippen molar-refractivity contribution in [2.75, 3.05) is 34.0 Å². The molecule has 12 nitrogen and oxygen atoms in total. The van der Waals surface area contributed by atoms with Crippen molar-refractivity contribution < 1.29 is 38.4 Å². The Morgan fingerprint density at radius 3 is 2.52 bits per heavy atom. The van der Waals surface area contributed by atoms with Gasteiger partial charge in [0.05, 0.1) is 45.3 Å². The standard InChI is InChI=1S/C30H38N4O8/c1-7-10-21-13-19(14-24(41-9-3)28(21)38-5)16-31-34-25(35)17-42-22-12-11-20(15-23(22)40-8-2)27-26(29(36)39-6)18(4)32-30(37)33-27/h7,11-16,25,27,34-35H,1,8-10,17H2,2-6H3,(H2,32,33,37)/b31-16-/t25-,27+/m0/s1. The molecule has 0 spiro atoms. The van der Waals surface area contributed by atoms with Crippen molar-refractivity contribution >= 4 is 18.2 Å². The Labute approximate surface area is 245 Å². The third-order valence-corrected chi connectivity index (χ3v) is 6.13. The van der Waals surface area contributed by atoms with Crippen LogP contribution in [0.25, 0.3) is 0 Å². The van der Waals surface area contributed by atoms with Gasteiger partial charge in [0.1, 0.15) is 6.61 Å². The molecule has 12 heteroatoms. The Morgan fingerprint density at radius 2 is 1.86 bits per heavy atom. The molecule has 2 atom stereocenters. The van der Waals surface area contributed by atoms with E-state index in [0.29, 0.717) is 53.9 Å². The van der Waals surface area contributed by atoms with Gasteiger partial charge in [-0.05, 0) is 62.6 Å². The number of hydrogen-bond acceptors (Lipinski definition) is 10. The van der Waals surface area contributed by atoms with Crippen molar-refractivity contribution in [3.05, 3.63) is 70.9 Å². The molecule has 1 aliphatic heterocycles. The Balaban J connectivity index is 1.72. The number of esters is 1. The number of aliphatic hydroxyl groups excluding tert-OH is 1. The minimum absolute atomic E-state index is 0.151. The summed E-state index contributed by atoms with van der Waals surface area (Å²) in [4.78, 5) is 24.6. The van der Waals surface area contributed by atoms with Gasteiger partial charge in [-0.15, -0.1) is 6.58 Å². The van der Waals surface area contributed by atoms with E-state index in [-0.39, 0.29) is 12.2 Å². The number of carbonyl (C=O) groups is 2. The maximum absolute atomic E-state index is 12.4. The van der Waals surface area contributed by atoms with Crippen LogP contribution in [0.15, 0.2) is 59.4 Å². The highest BCUT2D eigenvalue weighted by molar-refractivity contribution is 5.95. The number of hydrazone groups is 1. The van der Waals surface area contributed by atoms with Crippen LogP contribution >= 0.6 is 0 Å². The summed E-state index contributed by atoms with van der Waals surface area (Å²) >= 11 is 0. The lowest BCUT2D eigenvalue weighted by atomic mass is 9.95. The van der Waals surface area contributed by atoms with Crippen LogP contribution in [-0.2, 0) is 16.0 Å². The number of nitrogens with one attached hydrogen (secondary N) is 3. The second kappa shape index (κ2) is 15.3. The average molecular weight is 583 g/mol. The second-order valence-corrected chi connectivity index (χ2v) is 9.05. The molecule has 0 unspecified atom stereocenters. The number of urea groups is 1. The Kier molecular flexibility index (Phi) is 11.6. The molecule has 0 fully saturated rings. The number of nitrogens with zero attached hydrogens (tertiary/aromatic N) is 1. The molecule has 226 valence electrons. The van der Waals surface area contributed by atoms with Gasteiger partial charge >= 0.3 is 12.0 Å². The molecule has 2 amide bonds. The molecule has 0 radical (unpaired) electrons. The van der Waals surface area contributed by atoms with E-state index in [2.05, 4.69) is 27.7 Å². The molecule has 0 bridgehead atoms. The van der Waals surface area contributed by atoms with Crippen LogP contribution in [0.2, 0.25) is 0 Å². The summed E-state index contributed by atoms with van der Waals surface area (Å²) in [5, 5.41) is 19.9. The zero-order chi connectivity index (χ0) is 30.6. The molecule has 1 aliphatic rings. The largest absolute Gasteiger partial charge is 0.493 e. The Bertz CT molecular complexity index is 1340. The van der Waals surface area contributed by atoms with E-state index in [0.717, 1.165) is 11.1 Å². The van der Waals surface area contributed by atoms with E-state index >= 15 is 0 Å². The first kappa shape index (κ1) is 31.8. The van der Waals surface area contributed by atoms with E-state index in [1.807, 2.05) is 19.9 Å². The van der Waals surface area contributed by atoms with Crippen molar-refractivity contribution in [3.63, 3.8) is 0 Å². The SMILES string of the molecule is C=CCc1cc(/C=N\N[C@@H](O)COc2ccc([C@H]3NC(=O)NC(C)=C3C(=O)OC)cc2OCC)cc(OCC)c1OC. The summed E-state index contributed by atoms with van der Waals surface area (Å²) < 4.78 is 27.7. The lowest BCUT2D eigenvalue weighted by molar-refractivity contribution is -0.136. The Morgan fingerprint density at radius 1 is 1.12 bits per heavy atom. The van der Waals surface area contributed by atoms with E-state index in [9.17, 15) is 14.7 Å². The summed E-state index contributed by atoms with van der Waals surface area (Å²) in [5.41, 5.74) is 5.52. The predicted molar refractivity (Wildman–Crippen MR) is 157 cm³/mol. The molecular weight excluding hydrogens is 544 g/mol. The lowest BCUT2D eigenvalue weighted by Gasteiger charge is -2.28. The molecule has 3 rings (SSSR count). The molecule has 42 heavy (non-hydrogen) atoms. The summed E-state index contributed by atoms with van der Waals surface area (Å²) in [6.07, 6.45) is 2.77. The molecule has 1 heterocycles. The number of methoxy groups -OCH3 is 2. The van der Waals surface area contributed by atoms with Gasteiger partial charge in [-0.25, -0.2) is 9.59 Å². The number of benzene rings is 2. The van der Waals surface area contributed by atoms with Crippen molar-refractivity contribution in [1.29, 1.82) is 0 Å². The van der Waals surface area contributed by atoms with Gasteiger partial charge in [0.2, 0.25) is 0 Å². The summed E-state index contributed by atoms with van der Waals surface area (Å²) in [6, 6.07) is 7.51. The van der Waals surface area contributed by atoms with Crippen LogP contribution in [0.1, 0.15) is 43.5 Å². The predicted octanol–water partition coefficient (Wildman–Crippen LogP) is 3.34. The van der Waals surface area contributed by atoms with Crippen LogP contribution in [0.5, 0.6) is 23.0 Å². The molecule has 4 N–H and O–H groups in total. The fourth-order valence-corrected chi connectivity index (χ4v) is 4.38. The highest BCUT2D eigenvalue weighted by Crippen LogP contribution is 2.35. The molecular formula is C30H38N4O8. The quantitative estimate of drug-likeness (QED) is 0.0816. The first-order valence-corrected chi connectivity index (χ1v) is 13.4. The van der Waals surface area contributed by atoms with E-state index in [1.165, 1.54) is 7.11 Å². The molecule has 2 aromatic rings. The molecule has 0 aliphatic carbocycles. The monoisotopic (exact) mass is 582 g/mol. The number of allylic oxidation sites excluding steroid dienone is 2. The van der Waals surface area contributed by atoms with Crippen molar-refractivity contribution in [3.8, 4) is 23.0 Å². The van der Waals surface area contributed by atoms with Crippen LogP contribution in [-0.4, -0.2) is 63.6 Å². The van der Waals surface area contributed by atoms with Gasteiger partial charge in [-0.3, -0.25) is 5.43 Å². The minimum Gasteiger partial charge on any atom is -0.493 e. The maximum Gasteiger partial charge on any atom is 0.337 e. The third-order valence-electron chi connectivity index (χ3n) is 6.13. The highest BCUT2D eigenvalue weighted by atomic mass is 16.5. The zero-order valence-corrected chi connectivity index (χ0v) is 24.5. The van der Waals surface area contributed by atoms with Crippen LogP contribution in [0, 0.1) is 0 Å². The van der Waals surface area contributed by atoms with Gasteiger partial charge < -0.3 is 39.4 Å². The van der Waals surface area contributed by atoms with Gasteiger partial charge in [-0.2, -0.15) is 5.10 Å². The van der Waals surface area contributed by atoms with Crippen LogP contribution < -0.4 is 35.0 Å². The molecule has 0 saturated carbocycles. The van der Waals surface area contributed by atoms with Crippen molar-refractivity contribution in [2.45, 2.75) is 39.5 Å². The molecule has 0 aromatic heterocycles. The number of amides is 2. The summed E-state index contributed by atoms with van der Waals surface area (Å²) in [5.74, 6) is 1.39. The molecule has 2 aromatic carbocycles. The normalized spacial score (nSPS) is 15.4. The van der Waals surface area contributed by atoms with E-state index in [1.54, 1.807) is 50.6 Å². The molecule has 0 saturated heterocycles. The number of carbonyl (C=O) groups excluding carboxylic acids is 2. The topological polar surface area (TPSA) is 149 Å². The van der Waals surface area contributed by atoms with E-state index in [4.69, 9.17) is 23.7 Å². The van der Waals surface area contributed by atoms with Crippen LogP contribution in [0.4, 0.5) is 4.79 Å². The minimum atomic E-state index is -1.15. The van der Waals surface area contributed by atoms with Gasteiger partial charge in [0.15, 0.2) is 29.2 Å². The summed E-state index contributed by atoms with van der Waals surface area (Å²) in [7, 11) is 2.86. The number of ether oxygens (including phenoxy) is 5. The second-order valence-electron chi connectivity index (χ2n) is 9.05. The first-order valence-electron chi connectivity index (χ1n) is 13.4. The van der Waals surface area contributed by atoms with Crippen molar-refractivity contribution in [1.82, 2.24) is 16.1 Å². The first-order chi connectivity index (χ1) is 20.3. The Hall–Kier alpha value is -4.71. The fourth-order valence-electron chi connectivity index (χ4n) is 4.38. The van der Waals surface area contributed by atoms with Gasteiger partial charge in [0, 0.05) is 11.3 Å². The van der Waals surface area contributed by atoms with Gasteiger partial charge in [0.25, 0.3) is 0 Å². The van der Waals surface area contributed by atoms with E-state index < -0.39 is 24.3 Å². The third kappa shape index (κ3) is 7.94. The maximum atomic E-state index is 12.4. The lowest BCUT2D eigenvalue weighted by Crippen LogP contribution is -2.45. The zero-order valence-electron chi connectivity index (χ0n) is 24.5. The highest BCUT2D eigenvalue weighted by Gasteiger charge is 2.32. The number of aliphatic hydroxyl groups is 1. The van der Waals surface area contributed by atoms with Gasteiger partial charge in [-0.1, -0.05) is 12.1 Å². The fraction of sp³-hybridized carbons (Fsp3) is 0.367. The average Bonchev–Trinajstić information content (AvgIpc) is 2.96. The van der Waals surface area contributed by atoms with Crippen LogP contribution in [0.3, 0.4) is 0 Å². The summed E-state index contributed by atoms with van der Waals surface area (Å²) in [6.45, 7) is 9.78. The number of hydrogen-bond donors (Lipinski definition) is 4. The van der Waals surface area contributed by atoms with Crippen molar-refractivity contribution in [2.24, 2.45) is 5.10 Å². The smallest absolute Gasteiger partial charge is 0.337 e.